The van der Waals surface area contributed by atoms with Crippen LogP contribution in [0.15, 0.2) is 18.2 Å². The molecular formula is C15H22N2O2. The molecule has 1 aliphatic heterocycles. The molecule has 4 nitrogen and oxygen atoms in total. The van der Waals surface area contributed by atoms with E-state index < -0.39 is 0 Å². The average molecular weight is 262 g/mol. The molecule has 1 aromatic carbocycles. The fourth-order valence-electron chi connectivity index (χ4n) is 2.71. The van der Waals surface area contributed by atoms with Crippen LogP contribution in [0.25, 0.3) is 0 Å². The van der Waals surface area contributed by atoms with Gasteiger partial charge in [0.2, 0.25) is 0 Å². The van der Waals surface area contributed by atoms with Gasteiger partial charge in [0, 0.05) is 18.3 Å². The number of hydrogen-bond donors (Lipinski definition) is 1. The predicted octanol–water partition coefficient (Wildman–Crippen LogP) is 2.43. The van der Waals surface area contributed by atoms with Gasteiger partial charge in [0.05, 0.1) is 12.7 Å². The number of benzene rings is 1. The van der Waals surface area contributed by atoms with Crippen molar-refractivity contribution >= 4 is 11.7 Å². The van der Waals surface area contributed by atoms with Crippen LogP contribution in [0.3, 0.4) is 0 Å². The van der Waals surface area contributed by atoms with E-state index in [1.54, 1.807) is 6.07 Å². The normalized spacial score (nSPS) is 20.2. The summed E-state index contributed by atoms with van der Waals surface area (Å²) in [6.07, 6.45) is 3.73. The maximum absolute atomic E-state index is 11.9. The number of nitrogens with two attached hydrogens (primary N) is 1. The van der Waals surface area contributed by atoms with E-state index in [2.05, 4.69) is 11.8 Å². The molecule has 0 aliphatic carbocycles. The second-order valence-electron chi connectivity index (χ2n) is 5.19. The Labute approximate surface area is 114 Å². The van der Waals surface area contributed by atoms with Crippen molar-refractivity contribution in [1.82, 2.24) is 4.90 Å². The van der Waals surface area contributed by atoms with Crippen LogP contribution in [0, 0.1) is 0 Å². The molecule has 1 heterocycles. The Bertz CT molecular complexity index is 459. The summed E-state index contributed by atoms with van der Waals surface area (Å²) in [5.74, 6) is -0.349. The maximum Gasteiger partial charge on any atom is 0.340 e. The molecule has 0 saturated carbocycles. The van der Waals surface area contributed by atoms with E-state index in [-0.39, 0.29) is 5.97 Å². The van der Waals surface area contributed by atoms with Crippen molar-refractivity contribution < 1.29 is 9.53 Å². The first-order valence-corrected chi connectivity index (χ1v) is 6.83. The molecule has 2 N–H and O–H groups in total. The van der Waals surface area contributed by atoms with Crippen molar-refractivity contribution in [2.75, 3.05) is 19.4 Å². The summed E-state index contributed by atoms with van der Waals surface area (Å²) in [5, 5.41) is 0. The predicted molar refractivity (Wildman–Crippen MR) is 75.9 cm³/mol. The SMILES string of the molecule is COC(=O)c1c(N)cccc1CN1CCCCC1C. The van der Waals surface area contributed by atoms with Crippen LogP contribution in [0.4, 0.5) is 5.69 Å². The number of likely N-dealkylation sites (tertiary alicyclic amines) is 1. The van der Waals surface area contributed by atoms with Crippen LogP contribution in [-0.4, -0.2) is 30.6 Å². The van der Waals surface area contributed by atoms with Gasteiger partial charge in [-0.3, -0.25) is 4.90 Å². The molecule has 2 rings (SSSR count). The van der Waals surface area contributed by atoms with Crippen LogP contribution >= 0.6 is 0 Å². The Hall–Kier alpha value is -1.55. The van der Waals surface area contributed by atoms with Crippen LogP contribution in [0.2, 0.25) is 0 Å². The second kappa shape index (κ2) is 6.06. The highest BCUT2D eigenvalue weighted by molar-refractivity contribution is 5.96. The van der Waals surface area contributed by atoms with Gasteiger partial charge in [-0.15, -0.1) is 0 Å². The van der Waals surface area contributed by atoms with Crippen LogP contribution in [0.1, 0.15) is 42.1 Å². The topological polar surface area (TPSA) is 55.6 Å². The maximum atomic E-state index is 11.9. The summed E-state index contributed by atoms with van der Waals surface area (Å²) in [5.41, 5.74) is 7.89. The number of rotatable bonds is 3. The minimum absolute atomic E-state index is 0.349. The van der Waals surface area contributed by atoms with Gasteiger partial charge in [0.1, 0.15) is 0 Å². The molecule has 1 unspecified atom stereocenters. The van der Waals surface area contributed by atoms with Gasteiger partial charge in [-0.2, -0.15) is 0 Å². The fraction of sp³-hybridized carbons (Fsp3) is 0.533. The number of ether oxygens (including phenoxy) is 1. The molecule has 19 heavy (non-hydrogen) atoms. The first-order valence-electron chi connectivity index (χ1n) is 6.83. The Balaban J connectivity index is 2.24. The number of carbonyl (C=O) groups excluding carboxylic acids is 1. The summed E-state index contributed by atoms with van der Waals surface area (Å²) in [6, 6.07) is 6.16. The van der Waals surface area contributed by atoms with Gasteiger partial charge in [-0.25, -0.2) is 4.79 Å². The first-order chi connectivity index (χ1) is 9.13. The quantitative estimate of drug-likeness (QED) is 0.671. The highest BCUT2D eigenvalue weighted by atomic mass is 16.5. The summed E-state index contributed by atoms with van der Waals surface area (Å²) in [6.45, 7) is 4.08. The van der Waals surface area contributed by atoms with Crippen LogP contribution < -0.4 is 5.73 Å². The Morgan fingerprint density at radius 3 is 2.95 bits per heavy atom. The first kappa shape index (κ1) is 13.9. The third-order valence-corrected chi connectivity index (χ3v) is 3.89. The molecule has 104 valence electrons. The van der Waals surface area contributed by atoms with Gasteiger partial charge in [-0.1, -0.05) is 18.6 Å². The molecule has 0 amide bonds. The van der Waals surface area contributed by atoms with E-state index in [0.29, 0.717) is 17.3 Å². The average Bonchev–Trinajstić information content (AvgIpc) is 2.41. The molecule has 1 aromatic rings. The van der Waals surface area contributed by atoms with Gasteiger partial charge in [-0.05, 0) is 37.9 Å². The van der Waals surface area contributed by atoms with E-state index in [1.807, 2.05) is 12.1 Å². The van der Waals surface area contributed by atoms with Crippen molar-refractivity contribution in [3.63, 3.8) is 0 Å². The van der Waals surface area contributed by atoms with E-state index >= 15 is 0 Å². The minimum Gasteiger partial charge on any atom is -0.465 e. The summed E-state index contributed by atoms with van der Waals surface area (Å²) in [4.78, 5) is 14.3. The zero-order valence-corrected chi connectivity index (χ0v) is 11.7. The Morgan fingerprint density at radius 1 is 1.47 bits per heavy atom. The lowest BCUT2D eigenvalue weighted by Gasteiger charge is -2.33. The number of nitrogen functional groups attached to an aromatic ring is 1. The lowest BCUT2D eigenvalue weighted by atomic mass is 10.00. The van der Waals surface area contributed by atoms with Crippen molar-refractivity contribution in [3.05, 3.63) is 29.3 Å². The number of carbonyl (C=O) groups is 1. The lowest BCUT2D eigenvalue weighted by molar-refractivity contribution is 0.0598. The van der Waals surface area contributed by atoms with Gasteiger partial charge in [0.25, 0.3) is 0 Å². The van der Waals surface area contributed by atoms with Crippen LogP contribution in [0.5, 0.6) is 0 Å². The number of piperidine rings is 1. The van der Waals surface area contributed by atoms with E-state index in [9.17, 15) is 4.79 Å². The van der Waals surface area contributed by atoms with Crippen molar-refractivity contribution in [2.24, 2.45) is 0 Å². The van der Waals surface area contributed by atoms with Crippen molar-refractivity contribution in [2.45, 2.75) is 38.8 Å². The lowest BCUT2D eigenvalue weighted by Crippen LogP contribution is -2.37. The largest absolute Gasteiger partial charge is 0.465 e. The smallest absolute Gasteiger partial charge is 0.340 e. The molecule has 0 spiro atoms. The Morgan fingerprint density at radius 2 is 2.26 bits per heavy atom. The molecule has 4 heteroatoms. The monoisotopic (exact) mass is 262 g/mol. The molecule has 0 bridgehead atoms. The molecule has 1 aliphatic rings. The number of methoxy groups -OCH3 is 1. The molecular weight excluding hydrogens is 240 g/mol. The van der Waals surface area contributed by atoms with Gasteiger partial charge in [0.15, 0.2) is 0 Å². The van der Waals surface area contributed by atoms with E-state index in [4.69, 9.17) is 10.5 Å². The summed E-state index contributed by atoms with van der Waals surface area (Å²) in [7, 11) is 1.39. The highest BCUT2D eigenvalue weighted by Gasteiger charge is 2.22. The van der Waals surface area contributed by atoms with E-state index in [0.717, 1.165) is 18.7 Å². The Kier molecular flexibility index (Phi) is 4.43. The standard InChI is InChI=1S/C15H22N2O2/c1-11-6-3-4-9-17(11)10-12-7-5-8-13(16)14(12)15(18)19-2/h5,7-8,11H,3-4,6,9-10,16H2,1-2H3. The highest BCUT2D eigenvalue weighted by Crippen LogP contribution is 2.24. The summed E-state index contributed by atoms with van der Waals surface area (Å²) >= 11 is 0. The molecule has 1 saturated heterocycles. The van der Waals surface area contributed by atoms with Gasteiger partial charge >= 0.3 is 5.97 Å². The molecule has 1 fully saturated rings. The van der Waals surface area contributed by atoms with E-state index in [1.165, 1.54) is 26.4 Å². The second-order valence-corrected chi connectivity index (χ2v) is 5.19. The molecule has 0 aromatic heterocycles. The fourth-order valence-corrected chi connectivity index (χ4v) is 2.71. The number of anilines is 1. The van der Waals surface area contributed by atoms with Gasteiger partial charge < -0.3 is 10.5 Å². The third-order valence-electron chi connectivity index (χ3n) is 3.89. The third kappa shape index (κ3) is 3.07. The van der Waals surface area contributed by atoms with Crippen molar-refractivity contribution in [3.8, 4) is 0 Å². The molecule has 0 radical (unpaired) electrons. The number of nitrogens with zero attached hydrogens (tertiary/aromatic N) is 1. The molecule has 1 atom stereocenters. The van der Waals surface area contributed by atoms with Crippen LogP contribution in [-0.2, 0) is 11.3 Å². The zero-order chi connectivity index (χ0) is 13.8. The van der Waals surface area contributed by atoms with Crippen molar-refractivity contribution in [1.29, 1.82) is 0 Å². The number of hydrogen-bond acceptors (Lipinski definition) is 4. The number of esters is 1. The summed E-state index contributed by atoms with van der Waals surface area (Å²) < 4.78 is 4.84. The minimum atomic E-state index is -0.349. The zero-order valence-electron chi connectivity index (χ0n) is 11.7.